The van der Waals surface area contributed by atoms with Gasteiger partial charge >= 0.3 is 0 Å². The average Bonchev–Trinajstić information content (AvgIpc) is 2.55. The molecule has 0 bridgehead atoms. The molecule has 0 fully saturated rings. The summed E-state index contributed by atoms with van der Waals surface area (Å²) < 4.78 is 14.2. The van der Waals surface area contributed by atoms with Gasteiger partial charge in [-0.2, -0.15) is 0 Å². The predicted octanol–water partition coefficient (Wildman–Crippen LogP) is 2.44. The molecule has 0 unspecified atom stereocenters. The molecule has 2 nitrogen and oxygen atoms in total. The Kier molecular flexibility index (Phi) is 1.89. The lowest BCUT2D eigenvalue weighted by atomic mass is 10.0. The Hall–Kier alpha value is -1.35. The van der Waals surface area contributed by atoms with Crippen molar-refractivity contribution in [2.75, 3.05) is 20.6 Å². The molecule has 1 aromatic heterocycles. The quantitative estimate of drug-likeness (QED) is 0.655. The first kappa shape index (κ1) is 9.85. The van der Waals surface area contributed by atoms with Gasteiger partial charge in [-0.25, -0.2) is 4.39 Å². The third kappa shape index (κ3) is 1.43. The smallest absolute Gasteiger partial charge is 0.123 e. The maximum atomic E-state index is 13.3. The van der Waals surface area contributed by atoms with Crippen LogP contribution in [0.3, 0.4) is 0 Å². The van der Waals surface area contributed by atoms with E-state index >= 15 is 0 Å². The summed E-state index contributed by atoms with van der Waals surface area (Å²) in [5.41, 5.74) is 3.65. The molecule has 0 saturated heterocycles. The van der Waals surface area contributed by atoms with E-state index in [1.165, 1.54) is 17.3 Å². The molecule has 84 valence electrons. The van der Waals surface area contributed by atoms with Crippen LogP contribution in [0.5, 0.6) is 0 Å². The summed E-state index contributed by atoms with van der Waals surface area (Å²) in [4.78, 5) is 3.40. The topological polar surface area (TPSA) is 15.8 Å². The summed E-state index contributed by atoms with van der Waals surface area (Å²) in [7, 11) is 4.45. The van der Waals surface area contributed by atoms with Gasteiger partial charge in [0.1, 0.15) is 12.4 Å². The molecule has 1 aliphatic heterocycles. The number of halogens is 1. The molecule has 0 radical (unpaired) electrons. The zero-order valence-corrected chi connectivity index (χ0v) is 9.68. The van der Waals surface area contributed by atoms with Crippen molar-refractivity contribution in [2.24, 2.45) is 0 Å². The number of nitrogens with zero attached hydrogens (tertiary/aromatic N) is 1. The first-order valence-electron chi connectivity index (χ1n) is 5.66. The van der Waals surface area contributed by atoms with Crippen LogP contribution in [-0.4, -0.2) is 30.1 Å². The molecule has 1 aromatic carbocycles. The predicted molar refractivity (Wildman–Crippen MR) is 62.6 cm³/mol. The zero-order valence-electron chi connectivity index (χ0n) is 9.68. The maximum Gasteiger partial charge on any atom is 0.123 e. The number of aromatic amines is 1. The number of H-pyrrole nitrogens is 1. The van der Waals surface area contributed by atoms with Crippen LogP contribution >= 0.6 is 0 Å². The molecule has 3 heteroatoms. The number of likely N-dealkylation sites (N-methyl/N-ethyl adjacent to an activating group) is 1. The highest BCUT2D eigenvalue weighted by atomic mass is 19.1. The van der Waals surface area contributed by atoms with Gasteiger partial charge in [-0.05, 0) is 18.2 Å². The van der Waals surface area contributed by atoms with Crippen molar-refractivity contribution in [3.8, 4) is 0 Å². The van der Waals surface area contributed by atoms with Gasteiger partial charge in [-0.1, -0.05) is 0 Å². The zero-order chi connectivity index (χ0) is 11.3. The normalized spacial score (nSPS) is 18.7. The molecule has 0 saturated carbocycles. The molecule has 2 aromatic rings. The first-order valence-corrected chi connectivity index (χ1v) is 5.66. The van der Waals surface area contributed by atoms with Gasteiger partial charge < -0.3 is 9.47 Å². The number of nitrogens with one attached hydrogen (secondary N) is 1. The number of quaternary nitrogens is 1. The molecule has 0 aliphatic carbocycles. The van der Waals surface area contributed by atoms with Crippen LogP contribution in [0.4, 0.5) is 4.39 Å². The van der Waals surface area contributed by atoms with Crippen molar-refractivity contribution < 1.29 is 8.87 Å². The molecule has 1 N–H and O–H groups in total. The molecule has 0 atom stereocenters. The summed E-state index contributed by atoms with van der Waals surface area (Å²) >= 11 is 0. The average molecular weight is 219 g/mol. The van der Waals surface area contributed by atoms with Crippen molar-refractivity contribution in [2.45, 2.75) is 13.0 Å². The molecule has 0 spiro atoms. The van der Waals surface area contributed by atoms with Gasteiger partial charge in [0.15, 0.2) is 0 Å². The fourth-order valence-corrected chi connectivity index (χ4v) is 2.59. The molecule has 0 amide bonds. The molecule has 3 rings (SSSR count). The minimum atomic E-state index is -0.148. The highest BCUT2D eigenvalue weighted by Gasteiger charge is 2.27. The second kappa shape index (κ2) is 3.08. The SMILES string of the molecule is C[N+]1(C)CCc2[nH]c3ccc(F)cc3c2C1. The van der Waals surface area contributed by atoms with E-state index in [0.717, 1.165) is 34.9 Å². The highest BCUT2D eigenvalue weighted by molar-refractivity contribution is 5.84. The summed E-state index contributed by atoms with van der Waals surface area (Å²) in [5, 5.41) is 1.06. The van der Waals surface area contributed by atoms with Crippen LogP contribution in [-0.2, 0) is 13.0 Å². The van der Waals surface area contributed by atoms with Crippen molar-refractivity contribution in [3.05, 3.63) is 35.3 Å². The molecular formula is C13H16FN2+. The van der Waals surface area contributed by atoms with Crippen molar-refractivity contribution in [1.82, 2.24) is 4.98 Å². The molecule has 2 heterocycles. The fraction of sp³-hybridized carbons (Fsp3) is 0.385. The second-order valence-corrected chi connectivity index (χ2v) is 5.34. The summed E-state index contributed by atoms with van der Waals surface area (Å²) in [6, 6.07) is 5.00. The number of hydrogen-bond acceptors (Lipinski definition) is 0. The van der Waals surface area contributed by atoms with Crippen LogP contribution in [0.25, 0.3) is 10.9 Å². The monoisotopic (exact) mass is 219 g/mol. The Labute approximate surface area is 94.3 Å². The van der Waals surface area contributed by atoms with E-state index in [0.29, 0.717) is 0 Å². The van der Waals surface area contributed by atoms with E-state index in [2.05, 4.69) is 19.1 Å². The Morgan fingerprint density at radius 1 is 1.31 bits per heavy atom. The lowest BCUT2D eigenvalue weighted by molar-refractivity contribution is -0.905. The minimum Gasteiger partial charge on any atom is -0.358 e. The van der Waals surface area contributed by atoms with Crippen LogP contribution in [0.15, 0.2) is 18.2 Å². The lowest BCUT2D eigenvalue weighted by Gasteiger charge is -2.33. The van der Waals surface area contributed by atoms with Gasteiger partial charge in [-0.3, -0.25) is 0 Å². The molecular weight excluding hydrogens is 203 g/mol. The standard InChI is InChI=1S/C13H16FN2/c1-16(2)6-5-13-11(8-16)10-7-9(14)3-4-12(10)15-13/h3-4,7,15H,5-6,8H2,1-2H3/q+1. The van der Waals surface area contributed by atoms with Crippen LogP contribution < -0.4 is 0 Å². The van der Waals surface area contributed by atoms with E-state index in [-0.39, 0.29) is 5.82 Å². The summed E-state index contributed by atoms with van der Waals surface area (Å²) in [5.74, 6) is -0.148. The van der Waals surface area contributed by atoms with Gasteiger partial charge in [-0.15, -0.1) is 0 Å². The van der Waals surface area contributed by atoms with Crippen molar-refractivity contribution >= 4 is 10.9 Å². The Morgan fingerprint density at radius 3 is 2.94 bits per heavy atom. The molecule has 1 aliphatic rings. The third-order valence-corrected chi connectivity index (χ3v) is 3.51. The Balaban J connectivity index is 2.23. The van der Waals surface area contributed by atoms with Gasteiger partial charge in [0.2, 0.25) is 0 Å². The van der Waals surface area contributed by atoms with E-state index in [4.69, 9.17) is 0 Å². The van der Waals surface area contributed by atoms with E-state index in [1.807, 2.05) is 6.07 Å². The number of fused-ring (bicyclic) bond motifs is 3. The van der Waals surface area contributed by atoms with Gasteiger partial charge in [0.25, 0.3) is 0 Å². The van der Waals surface area contributed by atoms with Crippen molar-refractivity contribution in [1.29, 1.82) is 0 Å². The van der Waals surface area contributed by atoms with Crippen LogP contribution in [0, 0.1) is 5.82 Å². The van der Waals surface area contributed by atoms with Crippen LogP contribution in [0.1, 0.15) is 11.3 Å². The maximum absolute atomic E-state index is 13.3. The number of aromatic nitrogens is 1. The van der Waals surface area contributed by atoms with E-state index < -0.39 is 0 Å². The second-order valence-electron chi connectivity index (χ2n) is 5.34. The largest absolute Gasteiger partial charge is 0.358 e. The van der Waals surface area contributed by atoms with E-state index in [9.17, 15) is 4.39 Å². The van der Waals surface area contributed by atoms with Crippen molar-refractivity contribution in [3.63, 3.8) is 0 Å². The third-order valence-electron chi connectivity index (χ3n) is 3.51. The fourth-order valence-electron chi connectivity index (χ4n) is 2.59. The Morgan fingerprint density at radius 2 is 2.12 bits per heavy atom. The van der Waals surface area contributed by atoms with E-state index in [1.54, 1.807) is 6.07 Å². The summed E-state index contributed by atoms with van der Waals surface area (Å²) in [6.07, 6.45) is 1.05. The number of benzene rings is 1. The highest BCUT2D eigenvalue weighted by Crippen LogP contribution is 2.29. The Bertz CT molecular complexity index is 554. The van der Waals surface area contributed by atoms with Gasteiger partial charge in [0.05, 0.1) is 20.6 Å². The number of rotatable bonds is 0. The summed E-state index contributed by atoms with van der Waals surface area (Å²) in [6.45, 7) is 2.13. The van der Waals surface area contributed by atoms with Gasteiger partial charge in [0, 0.05) is 28.6 Å². The lowest BCUT2D eigenvalue weighted by Crippen LogP contribution is -2.43. The first-order chi connectivity index (χ1) is 7.55. The molecule has 16 heavy (non-hydrogen) atoms. The van der Waals surface area contributed by atoms with Crippen LogP contribution in [0.2, 0.25) is 0 Å². The number of hydrogen-bond donors (Lipinski definition) is 1. The minimum absolute atomic E-state index is 0.148.